The van der Waals surface area contributed by atoms with Gasteiger partial charge in [0.05, 0.1) is 12.3 Å². The number of aliphatic imine (C=N–C) groups is 4. The Labute approximate surface area is 120 Å². The number of amidine groups is 1. The summed E-state index contributed by atoms with van der Waals surface area (Å²) < 4.78 is 41.4. The van der Waals surface area contributed by atoms with Crippen LogP contribution in [-0.2, 0) is 0 Å². The molecule has 1 fully saturated rings. The number of nitrogens with zero attached hydrogens (tertiary/aromatic N) is 5. The average Bonchev–Trinajstić information content (AvgIpc) is 2.93. The first-order valence-electron chi connectivity index (χ1n) is 7.04. The van der Waals surface area contributed by atoms with E-state index >= 15 is 0 Å². The summed E-state index contributed by atoms with van der Waals surface area (Å²) in [4.78, 5) is 17.2. The maximum Gasteiger partial charge on any atom is 0.435 e. The lowest BCUT2D eigenvalue weighted by molar-refractivity contribution is -0.203. The summed E-state index contributed by atoms with van der Waals surface area (Å²) in [7, 11) is 0. The zero-order valence-corrected chi connectivity index (χ0v) is 11.6. The second kappa shape index (κ2) is 5.01. The second-order valence-corrected chi connectivity index (χ2v) is 5.32. The Balaban J connectivity index is 2.07. The predicted molar refractivity (Wildman–Crippen MR) is 75.5 cm³/mol. The Bertz CT molecular complexity index is 549. The summed E-state index contributed by atoms with van der Waals surface area (Å²) in [6, 6.07) is -0.780. The first-order valence-corrected chi connectivity index (χ1v) is 7.04. The molecule has 0 N–H and O–H groups in total. The highest BCUT2D eigenvalue weighted by Gasteiger charge is 2.62. The number of hydrogen-bond donors (Lipinski definition) is 0. The lowest BCUT2D eigenvalue weighted by Gasteiger charge is -2.45. The van der Waals surface area contributed by atoms with Crippen LogP contribution in [0.1, 0.15) is 26.2 Å². The van der Waals surface area contributed by atoms with Gasteiger partial charge in [-0.25, -0.2) is 15.0 Å². The van der Waals surface area contributed by atoms with Crippen LogP contribution in [0.2, 0.25) is 0 Å². The van der Waals surface area contributed by atoms with Gasteiger partial charge in [0.2, 0.25) is 0 Å². The standard InChI is InChI=1S/C13H16F3N5/c1-2-21-6-4-3-5-10(21)12(13(14,15)16)19-7-9-11(20-12)18-8-17-9/h7-8,10H,2-6H2,1H3. The van der Waals surface area contributed by atoms with Gasteiger partial charge in [0.25, 0.3) is 5.66 Å². The molecule has 114 valence electrons. The molecule has 8 heteroatoms. The molecule has 0 aromatic carbocycles. The van der Waals surface area contributed by atoms with Gasteiger partial charge in [-0.05, 0) is 25.9 Å². The van der Waals surface area contributed by atoms with Crippen molar-refractivity contribution < 1.29 is 13.2 Å². The molecule has 21 heavy (non-hydrogen) atoms. The number of rotatable bonds is 2. The van der Waals surface area contributed by atoms with Crippen molar-refractivity contribution in [3.63, 3.8) is 0 Å². The maximum atomic E-state index is 13.8. The molecule has 1 saturated heterocycles. The maximum absolute atomic E-state index is 13.8. The van der Waals surface area contributed by atoms with Crippen molar-refractivity contribution in [1.29, 1.82) is 0 Å². The van der Waals surface area contributed by atoms with E-state index in [1.165, 1.54) is 6.34 Å². The Morgan fingerprint density at radius 1 is 1.38 bits per heavy atom. The van der Waals surface area contributed by atoms with Gasteiger partial charge in [-0.2, -0.15) is 13.2 Å². The molecule has 0 aliphatic carbocycles. The summed E-state index contributed by atoms with van der Waals surface area (Å²) in [5.74, 6) is 0.0314. The molecule has 0 bridgehead atoms. The zero-order valence-electron chi connectivity index (χ0n) is 11.6. The molecule has 0 aromatic rings. The molecule has 3 heterocycles. The van der Waals surface area contributed by atoms with E-state index in [4.69, 9.17) is 0 Å². The number of piperidine rings is 1. The highest BCUT2D eigenvalue weighted by molar-refractivity contribution is 6.65. The van der Waals surface area contributed by atoms with Crippen LogP contribution < -0.4 is 0 Å². The van der Waals surface area contributed by atoms with Crippen LogP contribution in [0.15, 0.2) is 20.0 Å². The number of hydrogen-bond acceptors (Lipinski definition) is 5. The number of likely N-dealkylation sites (tertiary alicyclic amines) is 1. The highest BCUT2D eigenvalue weighted by Crippen LogP contribution is 2.44. The fraction of sp³-hybridized carbons (Fsp3) is 0.692. The van der Waals surface area contributed by atoms with Gasteiger partial charge < -0.3 is 0 Å². The number of fused-ring (bicyclic) bond motifs is 1. The fourth-order valence-electron chi connectivity index (χ4n) is 3.11. The molecule has 5 nitrogen and oxygen atoms in total. The Morgan fingerprint density at radius 2 is 2.19 bits per heavy atom. The van der Waals surface area contributed by atoms with Crippen LogP contribution in [0.25, 0.3) is 0 Å². The summed E-state index contributed by atoms with van der Waals surface area (Å²) in [5, 5.41) is 0. The van der Waals surface area contributed by atoms with Crippen LogP contribution in [0, 0.1) is 0 Å². The second-order valence-electron chi connectivity index (χ2n) is 5.32. The third-order valence-corrected chi connectivity index (χ3v) is 4.17. The van der Waals surface area contributed by atoms with Crippen molar-refractivity contribution in [2.45, 2.75) is 44.1 Å². The van der Waals surface area contributed by atoms with E-state index in [9.17, 15) is 13.2 Å². The number of likely N-dealkylation sites (N-methyl/N-ethyl adjacent to an activating group) is 1. The lowest BCUT2D eigenvalue weighted by atomic mass is 9.89. The van der Waals surface area contributed by atoms with Crippen molar-refractivity contribution in [2.24, 2.45) is 20.0 Å². The minimum Gasteiger partial charge on any atom is -0.296 e. The minimum absolute atomic E-state index is 0.0314. The smallest absolute Gasteiger partial charge is 0.296 e. The number of halogens is 3. The normalized spacial score (nSPS) is 32.9. The van der Waals surface area contributed by atoms with Crippen LogP contribution in [0.4, 0.5) is 13.2 Å². The quantitative estimate of drug-likeness (QED) is 0.770. The summed E-state index contributed by atoms with van der Waals surface area (Å²) >= 11 is 0. The van der Waals surface area contributed by atoms with Crippen molar-refractivity contribution in [3.8, 4) is 0 Å². The third-order valence-electron chi connectivity index (χ3n) is 4.17. The first kappa shape index (κ1) is 14.4. The minimum atomic E-state index is -4.56. The van der Waals surface area contributed by atoms with Gasteiger partial charge in [-0.15, -0.1) is 0 Å². The van der Waals surface area contributed by atoms with E-state index in [1.807, 2.05) is 11.8 Å². The van der Waals surface area contributed by atoms with Crippen molar-refractivity contribution in [2.75, 3.05) is 13.1 Å². The third kappa shape index (κ3) is 2.21. The molecule has 3 aliphatic heterocycles. The van der Waals surface area contributed by atoms with E-state index < -0.39 is 17.9 Å². The first-order chi connectivity index (χ1) is 9.98. The zero-order chi connectivity index (χ0) is 15.1. The number of alkyl halides is 3. The van der Waals surface area contributed by atoms with Gasteiger partial charge in [-0.1, -0.05) is 13.3 Å². The van der Waals surface area contributed by atoms with Crippen molar-refractivity contribution in [1.82, 2.24) is 4.90 Å². The lowest BCUT2D eigenvalue weighted by Crippen LogP contribution is -2.61. The predicted octanol–water partition coefficient (Wildman–Crippen LogP) is 2.09. The Hall–Kier alpha value is -1.57. The van der Waals surface area contributed by atoms with Crippen LogP contribution >= 0.6 is 0 Å². The average molecular weight is 299 g/mol. The van der Waals surface area contributed by atoms with E-state index in [0.29, 0.717) is 25.2 Å². The molecule has 0 amide bonds. The highest BCUT2D eigenvalue weighted by atomic mass is 19.4. The molecular weight excluding hydrogens is 283 g/mol. The van der Waals surface area contributed by atoms with E-state index in [0.717, 1.165) is 19.1 Å². The van der Waals surface area contributed by atoms with Crippen molar-refractivity contribution >= 4 is 24.1 Å². The molecule has 2 unspecified atom stereocenters. The topological polar surface area (TPSA) is 52.7 Å². The molecule has 0 spiro atoms. The van der Waals surface area contributed by atoms with Gasteiger partial charge in [0.15, 0.2) is 5.84 Å². The van der Waals surface area contributed by atoms with Gasteiger partial charge in [-0.3, -0.25) is 9.89 Å². The fourth-order valence-corrected chi connectivity index (χ4v) is 3.11. The summed E-state index contributed by atoms with van der Waals surface area (Å²) in [6.45, 7) is 3.05. The van der Waals surface area contributed by atoms with Gasteiger partial charge in [0, 0.05) is 0 Å². The van der Waals surface area contributed by atoms with Crippen LogP contribution in [0.5, 0.6) is 0 Å². The van der Waals surface area contributed by atoms with E-state index in [1.54, 1.807) is 0 Å². The Kier molecular flexibility index (Phi) is 3.43. The summed E-state index contributed by atoms with van der Waals surface area (Å²) in [5.41, 5.74) is -2.16. The van der Waals surface area contributed by atoms with Gasteiger partial charge in [0.1, 0.15) is 12.1 Å². The molecule has 0 radical (unpaired) electrons. The van der Waals surface area contributed by atoms with Crippen LogP contribution in [0.3, 0.4) is 0 Å². The van der Waals surface area contributed by atoms with E-state index in [2.05, 4.69) is 20.0 Å². The monoisotopic (exact) mass is 299 g/mol. The van der Waals surface area contributed by atoms with E-state index in [-0.39, 0.29) is 5.84 Å². The summed E-state index contributed by atoms with van der Waals surface area (Å²) in [6.07, 6.45) is -0.101. The molecule has 2 atom stereocenters. The molecule has 0 aromatic heterocycles. The largest absolute Gasteiger partial charge is 0.435 e. The Morgan fingerprint density at radius 3 is 2.90 bits per heavy atom. The molecule has 3 aliphatic rings. The SMILES string of the molecule is CCN1CCCCC1C1(C(F)(F)F)N=CC2=NC=NC2=N1. The molecule has 0 saturated carbocycles. The van der Waals surface area contributed by atoms with Crippen molar-refractivity contribution in [3.05, 3.63) is 0 Å². The molecule has 3 rings (SSSR count). The van der Waals surface area contributed by atoms with Crippen LogP contribution in [-0.4, -0.2) is 60.0 Å². The molecular formula is C13H16F3N5. The van der Waals surface area contributed by atoms with Gasteiger partial charge >= 0.3 is 6.18 Å².